The Hall–Kier alpha value is -1.68. The van der Waals surface area contributed by atoms with E-state index in [9.17, 15) is 9.18 Å². The molecule has 1 fully saturated rings. The zero-order valence-electron chi connectivity index (χ0n) is 11.0. The third-order valence-corrected chi connectivity index (χ3v) is 3.38. The number of hydrogen-bond donors (Lipinski definition) is 1. The second-order valence-corrected chi connectivity index (χ2v) is 5.16. The van der Waals surface area contributed by atoms with E-state index < -0.39 is 11.8 Å². The Balaban J connectivity index is 2.09. The normalized spacial score (nSPS) is 20.2. The van der Waals surface area contributed by atoms with Crippen LogP contribution in [-0.4, -0.2) is 29.1 Å². The summed E-state index contributed by atoms with van der Waals surface area (Å²) in [6, 6.07) is 4.88. The third-order valence-electron chi connectivity index (χ3n) is 3.38. The van der Waals surface area contributed by atoms with E-state index in [1.807, 2.05) is 0 Å². The molecular weight excluding hydrogens is 245 g/mol. The molecule has 0 radical (unpaired) electrons. The van der Waals surface area contributed by atoms with Gasteiger partial charge < -0.3 is 5.11 Å². The van der Waals surface area contributed by atoms with Crippen LogP contribution in [0.3, 0.4) is 0 Å². The van der Waals surface area contributed by atoms with Crippen molar-refractivity contribution >= 4 is 12.0 Å². The molecule has 2 rings (SSSR count). The van der Waals surface area contributed by atoms with E-state index in [1.54, 1.807) is 12.1 Å². The van der Waals surface area contributed by atoms with Crippen molar-refractivity contribution in [1.82, 2.24) is 4.90 Å². The van der Waals surface area contributed by atoms with E-state index in [0.29, 0.717) is 11.5 Å². The molecule has 0 amide bonds. The summed E-state index contributed by atoms with van der Waals surface area (Å²) in [4.78, 5) is 12.8. The molecule has 1 saturated heterocycles. The van der Waals surface area contributed by atoms with Crippen molar-refractivity contribution in [2.75, 3.05) is 13.1 Å². The Morgan fingerprint density at radius 2 is 2.37 bits per heavy atom. The number of rotatable bonds is 4. The number of halogens is 1. The van der Waals surface area contributed by atoms with Gasteiger partial charge in [0.1, 0.15) is 5.82 Å². The van der Waals surface area contributed by atoms with Crippen LogP contribution in [0.1, 0.15) is 24.5 Å². The maximum absolute atomic E-state index is 13.5. The fraction of sp³-hybridized carbons (Fsp3) is 0.400. The number of nitrogens with zero attached hydrogens (tertiary/aromatic N) is 1. The summed E-state index contributed by atoms with van der Waals surface area (Å²) in [7, 11) is 0. The minimum Gasteiger partial charge on any atom is -0.478 e. The molecule has 0 saturated carbocycles. The average molecular weight is 263 g/mol. The SMILES string of the molecule is CC1CCN(Cc2ccc(F)c(C=CC(=O)O)c2)C1. The molecule has 1 unspecified atom stereocenters. The lowest BCUT2D eigenvalue weighted by molar-refractivity contribution is -0.131. The first kappa shape index (κ1) is 13.7. The number of aliphatic carboxylic acids is 1. The maximum atomic E-state index is 13.5. The molecular formula is C15H18FNO2. The highest BCUT2D eigenvalue weighted by atomic mass is 19.1. The number of carboxylic acids is 1. The van der Waals surface area contributed by atoms with Crippen molar-refractivity contribution in [2.24, 2.45) is 5.92 Å². The summed E-state index contributed by atoms with van der Waals surface area (Å²) in [5.74, 6) is -0.749. The molecule has 0 bridgehead atoms. The second-order valence-electron chi connectivity index (χ2n) is 5.16. The van der Waals surface area contributed by atoms with Gasteiger partial charge in [-0.05, 0) is 42.7 Å². The Bertz CT molecular complexity index is 499. The zero-order valence-corrected chi connectivity index (χ0v) is 11.0. The summed E-state index contributed by atoms with van der Waals surface area (Å²) in [6.07, 6.45) is 3.46. The van der Waals surface area contributed by atoms with Crippen molar-refractivity contribution in [1.29, 1.82) is 0 Å². The van der Waals surface area contributed by atoms with Crippen LogP contribution in [0.25, 0.3) is 6.08 Å². The summed E-state index contributed by atoms with van der Waals surface area (Å²) in [5, 5.41) is 8.58. The van der Waals surface area contributed by atoms with E-state index >= 15 is 0 Å². The molecule has 1 aromatic rings. The van der Waals surface area contributed by atoms with Crippen molar-refractivity contribution < 1.29 is 14.3 Å². The lowest BCUT2D eigenvalue weighted by atomic mass is 10.1. The van der Waals surface area contributed by atoms with E-state index in [1.165, 1.54) is 18.6 Å². The molecule has 1 aliphatic rings. The summed E-state index contributed by atoms with van der Waals surface area (Å²) in [5.41, 5.74) is 1.34. The third kappa shape index (κ3) is 3.89. The topological polar surface area (TPSA) is 40.5 Å². The number of benzene rings is 1. The fourth-order valence-corrected chi connectivity index (χ4v) is 2.41. The van der Waals surface area contributed by atoms with Crippen LogP contribution < -0.4 is 0 Å². The van der Waals surface area contributed by atoms with Crippen LogP contribution >= 0.6 is 0 Å². The Morgan fingerprint density at radius 3 is 3.00 bits per heavy atom. The Labute approximate surface area is 112 Å². The molecule has 0 aliphatic carbocycles. The second kappa shape index (κ2) is 5.97. The summed E-state index contributed by atoms with van der Waals surface area (Å²) in [6.45, 7) is 5.15. The van der Waals surface area contributed by atoms with Gasteiger partial charge in [0.15, 0.2) is 0 Å². The van der Waals surface area contributed by atoms with E-state index in [4.69, 9.17) is 5.11 Å². The smallest absolute Gasteiger partial charge is 0.328 e. The first-order chi connectivity index (χ1) is 9.04. The molecule has 3 nitrogen and oxygen atoms in total. The first-order valence-corrected chi connectivity index (χ1v) is 6.46. The zero-order chi connectivity index (χ0) is 13.8. The lowest BCUT2D eigenvalue weighted by Crippen LogP contribution is -2.19. The molecule has 1 aliphatic heterocycles. The molecule has 1 aromatic carbocycles. The first-order valence-electron chi connectivity index (χ1n) is 6.46. The van der Waals surface area contributed by atoms with E-state index in [2.05, 4.69) is 11.8 Å². The van der Waals surface area contributed by atoms with Gasteiger partial charge in [0, 0.05) is 24.7 Å². The molecule has 102 valence electrons. The van der Waals surface area contributed by atoms with E-state index in [-0.39, 0.29) is 0 Å². The maximum Gasteiger partial charge on any atom is 0.328 e. The van der Waals surface area contributed by atoms with E-state index in [0.717, 1.165) is 31.3 Å². The molecule has 1 N–H and O–H groups in total. The fourth-order valence-electron chi connectivity index (χ4n) is 2.41. The van der Waals surface area contributed by atoms with Crippen LogP contribution in [0.4, 0.5) is 4.39 Å². The van der Waals surface area contributed by atoms with Gasteiger partial charge in [0.25, 0.3) is 0 Å². The van der Waals surface area contributed by atoms with Crippen LogP contribution in [0, 0.1) is 11.7 Å². The largest absolute Gasteiger partial charge is 0.478 e. The van der Waals surface area contributed by atoms with Crippen molar-refractivity contribution in [2.45, 2.75) is 19.9 Å². The van der Waals surface area contributed by atoms with Gasteiger partial charge in [-0.2, -0.15) is 0 Å². The van der Waals surface area contributed by atoms with Gasteiger partial charge in [-0.3, -0.25) is 4.90 Å². The predicted octanol–water partition coefficient (Wildman–Crippen LogP) is 2.77. The van der Waals surface area contributed by atoms with Gasteiger partial charge in [0.2, 0.25) is 0 Å². The minimum atomic E-state index is -1.07. The van der Waals surface area contributed by atoms with Crippen LogP contribution in [0.15, 0.2) is 24.3 Å². The van der Waals surface area contributed by atoms with Gasteiger partial charge >= 0.3 is 5.97 Å². The summed E-state index contributed by atoms with van der Waals surface area (Å²) < 4.78 is 13.5. The lowest BCUT2D eigenvalue weighted by Gasteiger charge is -2.15. The number of hydrogen-bond acceptors (Lipinski definition) is 2. The Morgan fingerprint density at radius 1 is 1.58 bits per heavy atom. The highest BCUT2D eigenvalue weighted by Crippen LogP contribution is 2.19. The Kier molecular flexibility index (Phi) is 4.32. The highest BCUT2D eigenvalue weighted by molar-refractivity contribution is 5.85. The molecule has 0 aromatic heterocycles. The predicted molar refractivity (Wildman–Crippen MR) is 72.1 cm³/mol. The number of carboxylic acid groups (broad SMARTS) is 1. The minimum absolute atomic E-state index is 0.326. The summed E-state index contributed by atoms with van der Waals surface area (Å²) >= 11 is 0. The molecule has 4 heteroatoms. The molecule has 19 heavy (non-hydrogen) atoms. The quantitative estimate of drug-likeness (QED) is 0.849. The average Bonchev–Trinajstić information content (AvgIpc) is 2.75. The van der Waals surface area contributed by atoms with Gasteiger partial charge in [0.05, 0.1) is 0 Å². The van der Waals surface area contributed by atoms with Gasteiger partial charge in [-0.1, -0.05) is 13.0 Å². The van der Waals surface area contributed by atoms with Crippen molar-refractivity contribution in [3.8, 4) is 0 Å². The molecule has 1 atom stereocenters. The number of likely N-dealkylation sites (tertiary alicyclic amines) is 1. The standard InChI is InChI=1S/C15H18FNO2/c1-11-6-7-17(9-11)10-12-2-4-14(16)13(8-12)3-5-15(18)19/h2-5,8,11H,6-7,9-10H2,1H3,(H,18,19). The van der Waals surface area contributed by atoms with Gasteiger partial charge in [-0.15, -0.1) is 0 Å². The highest BCUT2D eigenvalue weighted by Gasteiger charge is 2.18. The van der Waals surface area contributed by atoms with Crippen LogP contribution in [0.5, 0.6) is 0 Å². The van der Waals surface area contributed by atoms with Crippen molar-refractivity contribution in [3.63, 3.8) is 0 Å². The van der Waals surface area contributed by atoms with Crippen LogP contribution in [0.2, 0.25) is 0 Å². The molecule has 1 heterocycles. The monoisotopic (exact) mass is 263 g/mol. The molecule has 0 spiro atoms. The van der Waals surface area contributed by atoms with Crippen LogP contribution in [-0.2, 0) is 11.3 Å². The van der Waals surface area contributed by atoms with Gasteiger partial charge in [-0.25, -0.2) is 9.18 Å². The number of carbonyl (C=O) groups is 1. The van der Waals surface area contributed by atoms with Crippen molar-refractivity contribution in [3.05, 3.63) is 41.2 Å².